The monoisotopic (exact) mass is 416 g/mol. The second kappa shape index (κ2) is 7.45. The van der Waals surface area contributed by atoms with Crippen molar-refractivity contribution in [3.8, 4) is 11.5 Å². The van der Waals surface area contributed by atoms with Crippen LogP contribution in [0.4, 0.5) is 11.4 Å². The van der Waals surface area contributed by atoms with Crippen molar-refractivity contribution < 1.29 is 24.3 Å². The molecule has 0 aliphatic carbocycles. The maximum atomic E-state index is 13.5. The predicted molar refractivity (Wildman–Crippen MR) is 114 cm³/mol. The first-order valence-electron chi connectivity index (χ1n) is 9.90. The van der Waals surface area contributed by atoms with Crippen molar-refractivity contribution in [2.75, 3.05) is 17.1 Å². The van der Waals surface area contributed by atoms with Crippen molar-refractivity contribution in [1.82, 2.24) is 0 Å². The van der Waals surface area contributed by atoms with Gasteiger partial charge in [0.25, 0.3) is 5.91 Å². The van der Waals surface area contributed by atoms with Gasteiger partial charge in [-0.1, -0.05) is 30.3 Å². The second-order valence-corrected chi connectivity index (χ2v) is 7.46. The highest BCUT2D eigenvalue weighted by Gasteiger charge is 2.60. The minimum absolute atomic E-state index is 0.124. The second-order valence-electron chi connectivity index (χ2n) is 7.46. The van der Waals surface area contributed by atoms with E-state index in [1.54, 1.807) is 60.7 Å². The fraction of sp³-hybridized carbons (Fsp3) is 0.167. The molecular weight excluding hydrogens is 396 g/mol. The quantitative estimate of drug-likeness (QED) is 0.657. The molecule has 0 radical (unpaired) electrons. The Labute approximate surface area is 179 Å². The Bertz CT molecular complexity index is 1110. The lowest BCUT2D eigenvalue weighted by molar-refractivity contribution is -0.126. The number of carbonyl (C=O) groups is 2. The highest BCUT2D eigenvalue weighted by Crippen LogP contribution is 2.47. The Morgan fingerprint density at radius 2 is 1.52 bits per heavy atom. The minimum atomic E-state index is -0.936. The molecule has 2 amide bonds. The van der Waals surface area contributed by atoms with Gasteiger partial charge in [0.1, 0.15) is 17.4 Å². The molecule has 0 spiro atoms. The molecule has 3 aromatic carbocycles. The topological polar surface area (TPSA) is 79.3 Å². The van der Waals surface area contributed by atoms with E-state index >= 15 is 0 Å². The number of rotatable bonds is 4. The molecule has 7 heteroatoms. The Morgan fingerprint density at radius 1 is 0.839 bits per heavy atom. The van der Waals surface area contributed by atoms with Crippen LogP contribution in [0.3, 0.4) is 0 Å². The third-order valence-electron chi connectivity index (χ3n) is 5.69. The van der Waals surface area contributed by atoms with E-state index in [-0.39, 0.29) is 11.7 Å². The van der Waals surface area contributed by atoms with Crippen molar-refractivity contribution in [2.24, 2.45) is 5.92 Å². The normalized spacial score (nSPS) is 22.7. The minimum Gasteiger partial charge on any atom is -0.508 e. The van der Waals surface area contributed by atoms with Crippen LogP contribution in [0.1, 0.15) is 11.6 Å². The molecule has 3 atom stereocenters. The van der Waals surface area contributed by atoms with Crippen molar-refractivity contribution in [2.45, 2.75) is 12.1 Å². The molecule has 2 heterocycles. The van der Waals surface area contributed by atoms with Crippen LogP contribution in [0.15, 0.2) is 78.9 Å². The number of carbonyl (C=O) groups excluding carboxylic acids is 2. The van der Waals surface area contributed by atoms with E-state index in [1.165, 1.54) is 4.90 Å². The standard InChI is InChI=1S/C24H20N2O5/c1-30-19-13-9-16(10-14-19)25-23(28)20-21(15-7-11-18(27)12-8-15)26(31-22(20)24(25)29)17-5-3-2-4-6-17/h2-14,20-22,27H,1H3/t20-,21-,22+/m1/s1. The molecular formula is C24H20N2O5. The number of nitrogens with zero attached hydrogens (tertiary/aromatic N) is 2. The maximum Gasteiger partial charge on any atom is 0.266 e. The molecule has 0 unspecified atom stereocenters. The van der Waals surface area contributed by atoms with Gasteiger partial charge in [-0.3, -0.25) is 14.4 Å². The van der Waals surface area contributed by atoms with Gasteiger partial charge in [-0.15, -0.1) is 0 Å². The van der Waals surface area contributed by atoms with E-state index in [0.29, 0.717) is 11.4 Å². The fourth-order valence-electron chi connectivity index (χ4n) is 4.21. The van der Waals surface area contributed by atoms with E-state index in [2.05, 4.69) is 0 Å². The lowest BCUT2D eigenvalue weighted by Gasteiger charge is -2.28. The summed E-state index contributed by atoms with van der Waals surface area (Å²) >= 11 is 0. The van der Waals surface area contributed by atoms with E-state index in [0.717, 1.165) is 11.3 Å². The molecule has 0 bridgehead atoms. The molecule has 31 heavy (non-hydrogen) atoms. The summed E-state index contributed by atoms with van der Waals surface area (Å²) < 4.78 is 5.17. The highest BCUT2D eigenvalue weighted by atomic mass is 16.7. The zero-order valence-corrected chi connectivity index (χ0v) is 16.7. The summed E-state index contributed by atoms with van der Waals surface area (Å²) in [6.45, 7) is 0. The lowest BCUT2D eigenvalue weighted by Crippen LogP contribution is -2.37. The average molecular weight is 416 g/mol. The third-order valence-corrected chi connectivity index (χ3v) is 5.69. The summed E-state index contributed by atoms with van der Waals surface area (Å²) in [6, 6.07) is 22.2. The van der Waals surface area contributed by atoms with Crippen LogP contribution in [0, 0.1) is 5.92 Å². The Morgan fingerprint density at radius 3 is 2.16 bits per heavy atom. The third kappa shape index (κ3) is 3.10. The number of hydrogen-bond donors (Lipinski definition) is 1. The van der Waals surface area contributed by atoms with Gasteiger partial charge in [-0.25, -0.2) is 9.96 Å². The predicted octanol–water partition coefficient (Wildman–Crippen LogP) is 3.45. The average Bonchev–Trinajstić information content (AvgIpc) is 3.31. The van der Waals surface area contributed by atoms with E-state index in [1.807, 2.05) is 30.3 Å². The van der Waals surface area contributed by atoms with Crippen molar-refractivity contribution >= 4 is 23.2 Å². The molecule has 156 valence electrons. The molecule has 2 fully saturated rings. The van der Waals surface area contributed by atoms with E-state index < -0.39 is 24.0 Å². The van der Waals surface area contributed by atoms with Crippen LogP contribution in [0.5, 0.6) is 11.5 Å². The van der Waals surface area contributed by atoms with Crippen LogP contribution in [0.25, 0.3) is 0 Å². The number of methoxy groups -OCH3 is 1. The lowest BCUT2D eigenvalue weighted by atomic mass is 9.90. The Hall–Kier alpha value is -3.84. The number of ether oxygens (including phenoxy) is 1. The van der Waals surface area contributed by atoms with E-state index in [4.69, 9.17) is 9.57 Å². The Balaban J connectivity index is 1.56. The van der Waals surface area contributed by atoms with Gasteiger partial charge >= 0.3 is 0 Å². The van der Waals surface area contributed by atoms with Crippen LogP contribution >= 0.6 is 0 Å². The molecule has 1 N–H and O–H groups in total. The summed E-state index contributed by atoms with van der Waals surface area (Å²) in [5, 5.41) is 11.3. The fourth-order valence-corrected chi connectivity index (χ4v) is 4.21. The largest absolute Gasteiger partial charge is 0.508 e. The smallest absolute Gasteiger partial charge is 0.266 e. The molecule has 5 rings (SSSR count). The number of fused-ring (bicyclic) bond motifs is 1. The number of anilines is 2. The molecule has 0 saturated carbocycles. The summed E-state index contributed by atoms with van der Waals surface area (Å²) in [7, 11) is 1.56. The van der Waals surface area contributed by atoms with Crippen LogP contribution in [0.2, 0.25) is 0 Å². The molecule has 7 nitrogen and oxygen atoms in total. The number of hydroxylamine groups is 1. The molecule has 0 aromatic heterocycles. The number of aromatic hydroxyl groups is 1. The number of phenolic OH excluding ortho intramolecular Hbond substituents is 1. The number of para-hydroxylation sites is 1. The SMILES string of the molecule is COc1ccc(N2C(=O)[C@H]3[C@H](ON(c4ccccc4)[C@@H]3c3ccc(O)cc3)C2=O)cc1. The molecule has 3 aromatic rings. The first-order valence-corrected chi connectivity index (χ1v) is 9.90. The summed E-state index contributed by atoms with van der Waals surface area (Å²) in [4.78, 5) is 34.0. The summed E-state index contributed by atoms with van der Waals surface area (Å²) in [6.07, 6.45) is -0.936. The highest BCUT2D eigenvalue weighted by molar-refractivity contribution is 6.23. The summed E-state index contributed by atoms with van der Waals surface area (Å²) in [5.41, 5.74) is 1.99. The number of hydrogen-bond acceptors (Lipinski definition) is 6. The number of phenols is 1. The first-order chi connectivity index (χ1) is 15.1. The number of imide groups is 1. The first kappa shape index (κ1) is 19.1. The van der Waals surface area contributed by atoms with E-state index in [9.17, 15) is 14.7 Å². The number of benzene rings is 3. The van der Waals surface area contributed by atoms with Gasteiger partial charge in [0.05, 0.1) is 24.5 Å². The molecule has 2 saturated heterocycles. The van der Waals surface area contributed by atoms with Crippen molar-refractivity contribution in [3.05, 3.63) is 84.4 Å². The van der Waals surface area contributed by atoms with Gasteiger partial charge in [-0.05, 0) is 54.1 Å². The van der Waals surface area contributed by atoms with Gasteiger partial charge in [0, 0.05) is 0 Å². The van der Waals surface area contributed by atoms with Gasteiger partial charge in [-0.2, -0.15) is 0 Å². The molecule has 2 aliphatic heterocycles. The van der Waals surface area contributed by atoms with Gasteiger partial charge < -0.3 is 9.84 Å². The maximum absolute atomic E-state index is 13.5. The van der Waals surface area contributed by atoms with Crippen LogP contribution in [-0.2, 0) is 14.4 Å². The van der Waals surface area contributed by atoms with Crippen LogP contribution < -0.4 is 14.7 Å². The zero-order chi connectivity index (χ0) is 21.5. The Kier molecular flexibility index (Phi) is 4.60. The zero-order valence-electron chi connectivity index (χ0n) is 16.7. The van der Waals surface area contributed by atoms with Crippen molar-refractivity contribution in [1.29, 1.82) is 0 Å². The summed E-state index contributed by atoms with van der Waals surface area (Å²) in [5.74, 6) is -0.686. The van der Waals surface area contributed by atoms with Gasteiger partial charge in [0.2, 0.25) is 5.91 Å². The van der Waals surface area contributed by atoms with Crippen LogP contribution in [-0.4, -0.2) is 30.1 Å². The van der Waals surface area contributed by atoms with Crippen molar-refractivity contribution in [3.63, 3.8) is 0 Å². The molecule has 2 aliphatic rings. The number of amides is 2. The van der Waals surface area contributed by atoms with Gasteiger partial charge in [0.15, 0.2) is 6.10 Å².